The number of nitriles is 1. The van der Waals surface area contributed by atoms with Gasteiger partial charge in [0.15, 0.2) is 0 Å². The first-order valence-electron chi connectivity index (χ1n) is 10.6. The maximum Gasteiger partial charge on any atom is 0.276 e. The molecule has 1 fully saturated rings. The molecule has 0 bridgehead atoms. The summed E-state index contributed by atoms with van der Waals surface area (Å²) in [6.07, 6.45) is 9.82. The van der Waals surface area contributed by atoms with Crippen molar-refractivity contribution < 1.29 is 9.59 Å². The Morgan fingerprint density at radius 1 is 1.39 bits per heavy atom. The number of nitrogens with two attached hydrogens (primary N) is 1. The number of anilines is 2. The molecular weight excluding hydrogens is 389 g/mol. The van der Waals surface area contributed by atoms with Crippen molar-refractivity contribution in [3.8, 4) is 17.8 Å². The predicted molar refractivity (Wildman–Crippen MR) is 124 cm³/mol. The van der Waals surface area contributed by atoms with Crippen LogP contribution in [0.2, 0.25) is 13.1 Å². The van der Waals surface area contributed by atoms with Crippen molar-refractivity contribution in [1.29, 1.82) is 5.26 Å². The average molecular weight is 415 g/mol. The molecule has 1 heterocycles. The Morgan fingerprint density at radius 3 is 2.90 bits per heavy atom. The number of allylic oxidation sites excluding steroid dienone is 2. The van der Waals surface area contributed by atoms with Crippen molar-refractivity contribution >= 4 is 41.7 Å². The topological polar surface area (TPSA) is 120 Å². The molecule has 1 aliphatic carbocycles. The van der Waals surface area contributed by atoms with Gasteiger partial charge in [-0.25, -0.2) is 10.7 Å². The maximum absolute atomic E-state index is 12.5. The third kappa shape index (κ3) is 5.99. The highest BCUT2D eigenvalue weighted by atomic mass is 16.2. The van der Waals surface area contributed by atoms with Gasteiger partial charge in [0.05, 0.1) is 11.8 Å². The molecular formula is C23H26BN5O2. The Hall–Kier alpha value is -3.52. The van der Waals surface area contributed by atoms with E-state index in [1.54, 1.807) is 25.0 Å². The monoisotopic (exact) mass is 415 g/mol. The third-order valence-corrected chi connectivity index (χ3v) is 5.51. The summed E-state index contributed by atoms with van der Waals surface area (Å²) in [6.45, 7) is 1.64. The second-order valence-corrected chi connectivity index (χ2v) is 8.10. The van der Waals surface area contributed by atoms with Crippen molar-refractivity contribution in [3.63, 3.8) is 0 Å². The Labute approximate surface area is 183 Å². The second kappa shape index (κ2) is 10.5. The first-order valence-corrected chi connectivity index (χ1v) is 10.6. The van der Waals surface area contributed by atoms with Crippen molar-refractivity contribution in [3.05, 3.63) is 29.3 Å². The van der Waals surface area contributed by atoms with Crippen LogP contribution in [0.25, 0.3) is 5.57 Å². The van der Waals surface area contributed by atoms with Gasteiger partial charge in [0.1, 0.15) is 0 Å². The molecule has 1 saturated carbocycles. The zero-order valence-corrected chi connectivity index (χ0v) is 17.7. The Bertz CT molecular complexity index is 1020. The number of carbonyl (C=O) groups excluding carboxylic acids is 2. The fourth-order valence-electron chi connectivity index (χ4n) is 3.88. The van der Waals surface area contributed by atoms with E-state index in [2.05, 4.69) is 33.7 Å². The van der Waals surface area contributed by atoms with E-state index in [1.807, 2.05) is 0 Å². The summed E-state index contributed by atoms with van der Waals surface area (Å²) >= 11 is 0. The van der Waals surface area contributed by atoms with E-state index in [4.69, 9.17) is 11.0 Å². The lowest BCUT2D eigenvalue weighted by atomic mass is 9.52. The third-order valence-electron chi connectivity index (χ3n) is 5.51. The molecule has 2 aliphatic rings. The number of hydrogen-bond acceptors (Lipinski definition) is 5. The lowest BCUT2D eigenvalue weighted by Crippen LogP contribution is -2.20. The maximum atomic E-state index is 12.5. The van der Waals surface area contributed by atoms with Crippen LogP contribution in [-0.4, -0.2) is 24.7 Å². The minimum Gasteiger partial charge on any atom is -0.398 e. The van der Waals surface area contributed by atoms with E-state index in [0.717, 1.165) is 12.8 Å². The average Bonchev–Trinajstić information content (AvgIpc) is 2.90. The molecule has 0 spiro atoms. The first-order chi connectivity index (χ1) is 15.0. The Balaban J connectivity index is 1.82. The molecule has 158 valence electrons. The molecule has 7 nitrogen and oxygen atoms in total. The van der Waals surface area contributed by atoms with Gasteiger partial charge < -0.3 is 11.1 Å². The largest absolute Gasteiger partial charge is 0.398 e. The van der Waals surface area contributed by atoms with Crippen molar-refractivity contribution in [2.45, 2.75) is 51.7 Å². The van der Waals surface area contributed by atoms with Crippen LogP contribution in [0.4, 0.5) is 11.4 Å². The predicted octanol–water partition coefficient (Wildman–Crippen LogP) is 3.48. The molecule has 4 N–H and O–H groups in total. The number of rotatable bonds is 4. The van der Waals surface area contributed by atoms with Gasteiger partial charge in [0, 0.05) is 41.2 Å². The number of amides is 2. The number of hydrogen-bond donors (Lipinski definition) is 3. The normalized spacial score (nSPS) is 16.9. The molecule has 0 atom stereocenters. The van der Waals surface area contributed by atoms with Gasteiger partial charge in [-0.05, 0) is 37.0 Å². The van der Waals surface area contributed by atoms with Crippen molar-refractivity contribution in [1.82, 2.24) is 5.43 Å². The zero-order valence-electron chi connectivity index (χ0n) is 17.7. The van der Waals surface area contributed by atoms with E-state index >= 15 is 0 Å². The first kappa shape index (κ1) is 22.2. The Morgan fingerprint density at radius 2 is 2.16 bits per heavy atom. The number of nitrogen functional groups attached to an aromatic ring is 1. The molecule has 0 unspecified atom stereocenters. The quantitative estimate of drug-likeness (QED) is 0.396. The van der Waals surface area contributed by atoms with Crippen LogP contribution in [0.5, 0.6) is 0 Å². The summed E-state index contributed by atoms with van der Waals surface area (Å²) < 4.78 is 0. The fraction of sp³-hybridized carbons (Fsp3) is 0.391. The summed E-state index contributed by atoms with van der Waals surface area (Å²) in [4.78, 5) is 25.0. The number of nitrogens with one attached hydrogen (secondary N) is 2. The van der Waals surface area contributed by atoms with E-state index < -0.39 is 5.91 Å². The van der Waals surface area contributed by atoms with Gasteiger partial charge >= 0.3 is 0 Å². The molecule has 2 amide bonds. The van der Waals surface area contributed by atoms with E-state index in [1.165, 1.54) is 25.5 Å². The highest BCUT2D eigenvalue weighted by molar-refractivity contribution is 6.66. The van der Waals surface area contributed by atoms with Crippen LogP contribution in [-0.2, 0) is 4.79 Å². The SMILES string of the molecule is CB(C#N)CC#C/C=C1\C=NNC(=O)c2cc(NC(=O)CC3CCCCC3)cc(N)c21. The fourth-order valence-corrected chi connectivity index (χ4v) is 3.88. The van der Waals surface area contributed by atoms with Crippen molar-refractivity contribution in [2.24, 2.45) is 11.0 Å². The molecule has 1 aliphatic heterocycles. The highest BCUT2D eigenvalue weighted by Gasteiger charge is 2.22. The summed E-state index contributed by atoms with van der Waals surface area (Å²) in [5.74, 6) is 7.91. The van der Waals surface area contributed by atoms with Crippen LogP contribution < -0.4 is 16.5 Å². The molecule has 31 heavy (non-hydrogen) atoms. The number of carbonyl (C=O) groups is 2. The van der Waals surface area contributed by atoms with Gasteiger partial charge in [-0.2, -0.15) is 5.10 Å². The van der Waals surface area contributed by atoms with Crippen LogP contribution in [0.1, 0.15) is 54.4 Å². The lowest BCUT2D eigenvalue weighted by molar-refractivity contribution is -0.117. The van der Waals surface area contributed by atoms with E-state index in [-0.39, 0.29) is 12.6 Å². The highest BCUT2D eigenvalue weighted by Crippen LogP contribution is 2.31. The van der Waals surface area contributed by atoms with E-state index in [0.29, 0.717) is 46.7 Å². The van der Waals surface area contributed by atoms with Gasteiger partial charge in [-0.3, -0.25) is 9.59 Å². The van der Waals surface area contributed by atoms with Gasteiger partial charge in [0.2, 0.25) is 5.91 Å². The summed E-state index contributed by atoms with van der Waals surface area (Å²) in [7, 11) is 0. The van der Waals surface area contributed by atoms with Crippen LogP contribution in [0.15, 0.2) is 23.3 Å². The minimum atomic E-state index is -0.407. The van der Waals surface area contributed by atoms with Crippen molar-refractivity contribution in [2.75, 3.05) is 11.1 Å². The molecule has 1 aromatic carbocycles. The summed E-state index contributed by atoms with van der Waals surface area (Å²) in [5.41, 5.74) is 11.0. The molecule has 3 rings (SSSR count). The lowest BCUT2D eigenvalue weighted by Gasteiger charge is -2.21. The van der Waals surface area contributed by atoms with Crippen LogP contribution in [0.3, 0.4) is 0 Å². The molecule has 8 heteroatoms. The Kier molecular flexibility index (Phi) is 7.51. The van der Waals surface area contributed by atoms with Crippen LogP contribution >= 0.6 is 0 Å². The minimum absolute atomic E-state index is 0.0650. The summed E-state index contributed by atoms with van der Waals surface area (Å²) in [6, 6.07) is 3.27. The zero-order chi connectivity index (χ0) is 22.2. The molecule has 0 saturated heterocycles. The number of hydrazone groups is 1. The van der Waals surface area contributed by atoms with Gasteiger partial charge in [-0.15, -0.1) is 5.92 Å². The summed E-state index contributed by atoms with van der Waals surface area (Å²) in [5, 5.41) is 15.7. The second-order valence-electron chi connectivity index (χ2n) is 8.10. The molecule has 0 aromatic heterocycles. The van der Waals surface area contributed by atoms with Gasteiger partial charge in [-0.1, -0.05) is 32.0 Å². The van der Waals surface area contributed by atoms with Gasteiger partial charge in [0.25, 0.3) is 12.6 Å². The number of nitrogens with zero attached hydrogens (tertiary/aromatic N) is 2. The standard InChI is InChI=1S/C23H26BN5O2/c1-24(15-25)10-6-5-9-17-14-27-29-23(31)19-12-18(13-20(26)22(17)19)28-21(30)11-16-7-3-2-4-8-16/h9,12-14,16H,2-4,7-8,10-11,26H2,1H3,(H,28,30)(H,29,31)/b17-9+. The van der Waals surface area contributed by atoms with E-state index in [9.17, 15) is 9.59 Å². The smallest absolute Gasteiger partial charge is 0.276 e. The van der Waals surface area contributed by atoms with Crippen LogP contribution in [0, 0.1) is 29.0 Å². The number of fused-ring (bicyclic) bond motifs is 1. The molecule has 0 radical (unpaired) electrons. The molecule has 1 aromatic rings. The number of benzene rings is 1.